The summed E-state index contributed by atoms with van der Waals surface area (Å²) in [6.07, 6.45) is 4.25. The van der Waals surface area contributed by atoms with E-state index in [2.05, 4.69) is 168 Å². The maximum Gasteiger partial charge on any atom is 0.213 e. The Morgan fingerprint density at radius 1 is 0.609 bits per heavy atom. The lowest BCUT2D eigenvalue weighted by molar-refractivity contribution is -0.617. The van der Waals surface area contributed by atoms with Crippen LogP contribution in [-0.2, 0) is 22.7 Å². The maximum atomic E-state index is 14.1. The van der Waals surface area contributed by atoms with Gasteiger partial charge in [0, 0.05) is 28.8 Å². The Morgan fingerprint density at radius 3 is 1.37 bits per heavy atom. The van der Waals surface area contributed by atoms with Crippen molar-refractivity contribution in [3.8, 4) is 5.75 Å². The smallest absolute Gasteiger partial charge is 0.213 e. The highest BCUT2D eigenvalue weighted by molar-refractivity contribution is 6.14. The number of nitrogens with zero attached hydrogens (tertiary/aromatic N) is 1. The molecule has 3 nitrogen and oxygen atoms in total. The number of aryl methyl sites for hydroxylation is 1. The molecule has 0 radical (unpaired) electrons. The molecule has 1 aromatic heterocycles. The van der Waals surface area contributed by atoms with E-state index in [0.29, 0.717) is 0 Å². The predicted molar refractivity (Wildman–Crippen MR) is 192 cm³/mol. The molecule has 0 amide bonds. The lowest BCUT2D eigenvalue weighted by Crippen LogP contribution is -2.31. The summed E-state index contributed by atoms with van der Waals surface area (Å²) in [6.45, 7) is 25.4. The number of benzene rings is 3. The number of aromatic nitrogens is 1. The van der Waals surface area contributed by atoms with E-state index in [1.807, 2.05) is 0 Å². The number of fused-ring (bicyclic) bond motifs is 2. The van der Waals surface area contributed by atoms with E-state index in [4.69, 9.17) is 0 Å². The molecule has 4 aromatic rings. The van der Waals surface area contributed by atoms with Gasteiger partial charge in [0.1, 0.15) is 7.05 Å². The van der Waals surface area contributed by atoms with E-state index in [1.165, 1.54) is 0 Å². The van der Waals surface area contributed by atoms with E-state index in [0.717, 1.165) is 66.4 Å². The van der Waals surface area contributed by atoms with Gasteiger partial charge in [0.15, 0.2) is 5.78 Å². The number of carbonyl (C=O) groups excluding carboxylic acids is 1. The molecule has 0 fully saturated rings. The second kappa shape index (κ2) is 11.1. The van der Waals surface area contributed by atoms with Gasteiger partial charge in [-0.3, -0.25) is 4.79 Å². The lowest BCUT2D eigenvalue weighted by atomic mass is 9.70. The number of ketones is 1. The van der Waals surface area contributed by atoms with Crippen LogP contribution in [-0.4, -0.2) is 5.78 Å². The Labute approximate surface area is 276 Å². The van der Waals surface area contributed by atoms with Gasteiger partial charge in [-0.15, -0.1) is 5.75 Å². The summed E-state index contributed by atoms with van der Waals surface area (Å²) in [5, 5.41) is 16.4. The van der Waals surface area contributed by atoms with Gasteiger partial charge in [0.2, 0.25) is 11.0 Å². The first-order chi connectivity index (χ1) is 21.1. The average molecular weight is 614 g/mol. The Kier molecular flexibility index (Phi) is 8.04. The molecule has 0 atom stereocenters. The summed E-state index contributed by atoms with van der Waals surface area (Å²) in [7, 11) is 2.12. The van der Waals surface area contributed by atoms with Crippen LogP contribution in [0.2, 0.25) is 0 Å². The number of hydrogen-bond donors (Lipinski definition) is 0. The molecule has 3 heteroatoms. The Morgan fingerprint density at radius 2 is 1.00 bits per heavy atom. The van der Waals surface area contributed by atoms with Gasteiger partial charge in [0.25, 0.3) is 0 Å². The first-order valence-electron chi connectivity index (χ1n) is 16.5. The molecular weight excluding hydrogens is 562 g/mol. The number of pyridine rings is 1. The fourth-order valence-corrected chi connectivity index (χ4v) is 6.73. The van der Waals surface area contributed by atoms with Crippen LogP contribution in [0.15, 0.2) is 89.5 Å². The lowest BCUT2D eigenvalue weighted by Gasteiger charge is -2.35. The van der Waals surface area contributed by atoms with Crippen molar-refractivity contribution in [3.63, 3.8) is 0 Å². The summed E-state index contributed by atoms with van der Waals surface area (Å²) < 4.78 is 2.26. The van der Waals surface area contributed by atoms with Gasteiger partial charge in [-0.05, 0) is 73.8 Å². The molecule has 0 saturated carbocycles. The quantitative estimate of drug-likeness (QED) is 0.167. The van der Waals surface area contributed by atoms with E-state index in [1.54, 1.807) is 0 Å². The minimum Gasteiger partial charge on any atom is -0.872 e. The zero-order chi connectivity index (χ0) is 34.1. The highest BCUT2D eigenvalue weighted by Gasteiger charge is 2.36. The molecule has 0 N–H and O–H groups in total. The summed E-state index contributed by atoms with van der Waals surface area (Å²) in [5.41, 5.74) is 8.14. The number of Topliss-reactive ketones (excluding diaryl/α,β-unsaturated/α-hetero) is 1. The van der Waals surface area contributed by atoms with Crippen LogP contribution in [0.1, 0.15) is 105 Å². The average Bonchev–Trinajstić information content (AvgIpc) is 2.93. The summed E-state index contributed by atoms with van der Waals surface area (Å²) in [4.78, 5) is 14.1. The molecule has 46 heavy (non-hydrogen) atoms. The largest absolute Gasteiger partial charge is 0.872 e. The zero-order valence-electron chi connectivity index (χ0n) is 30.2. The zero-order valence-corrected chi connectivity index (χ0v) is 30.2. The SMILES string of the molecule is C[n+]1c2ccccc2c(C(=C2C=C(C(C)(C)C)C(=O)C(C(C)(C)C)=C2)c2cc(C(C)(C)C)c([O-])c(C(C)(C)C)c2)c2ccccc21. The summed E-state index contributed by atoms with van der Waals surface area (Å²) >= 11 is 0. The van der Waals surface area contributed by atoms with Crippen LogP contribution in [0.25, 0.3) is 27.4 Å². The fourth-order valence-electron chi connectivity index (χ4n) is 6.73. The van der Waals surface area contributed by atoms with Crippen molar-refractivity contribution in [1.29, 1.82) is 0 Å². The first-order valence-corrected chi connectivity index (χ1v) is 16.5. The van der Waals surface area contributed by atoms with Crippen molar-refractivity contribution in [2.75, 3.05) is 0 Å². The topological polar surface area (TPSA) is 44.0 Å². The fraction of sp³-hybridized carbons (Fsp3) is 0.395. The van der Waals surface area contributed by atoms with Crippen molar-refractivity contribution >= 4 is 33.2 Å². The van der Waals surface area contributed by atoms with Crippen LogP contribution < -0.4 is 9.67 Å². The van der Waals surface area contributed by atoms with Crippen molar-refractivity contribution in [1.82, 2.24) is 0 Å². The van der Waals surface area contributed by atoms with E-state index >= 15 is 0 Å². The minimum atomic E-state index is -0.364. The van der Waals surface area contributed by atoms with Crippen LogP contribution >= 0.6 is 0 Å². The third kappa shape index (κ3) is 5.85. The van der Waals surface area contributed by atoms with Crippen LogP contribution in [0.4, 0.5) is 0 Å². The normalized spacial score (nSPS) is 15.0. The number of hydrogen-bond acceptors (Lipinski definition) is 2. The maximum absolute atomic E-state index is 14.1. The van der Waals surface area contributed by atoms with Crippen LogP contribution in [0.3, 0.4) is 0 Å². The van der Waals surface area contributed by atoms with E-state index < -0.39 is 0 Å². The van der Waals surface area contributed by atoms with Crippen molar-refractivity contribution in [2.45, 2.75) is 93.9 Å². The summed E-state index contributed by atoms with van der Waals surface area (Å²) in [6, 6.07) is 21.4. The molecule has 1 aliphatic carbocycles. The molecule has 0 unspecified atom stereocenters. The highest BCUT2D eigenvalue weighted by Crippen LogP contribution is 2.46. The third-order valence-corrected chi connectivity index (χ3v) is 9.31. The van der Waals surface area contributed by atoms with Gasteiger partial charge >= 0.3 is 0 Å². The molecule has 0 saturated heterocycles. The van der Waals surface area contributed by atoms with Crippen molar-refractivity contribution < 1.29 is 14.5 Å². The highest BCUT2D eigenvalue weighted by atomic mass is 16.3. The van der Waals surface area contributed by atoms with Gasteiger partial charge < -0.3 is 5.11 Å². The molecule has 1 aliphatic rings. The van der Waals surface area contributed by atoms with Gasteiger partial charge in [0.05, 0.1) is 10.8 Å². The molecule has 1 heterocycles. The molecule has 0 bridgehead atoms. The molecule has 0 spiro atoms. The van der Waals surface area contributed by atoms with Crippen molar-refractivity contribution in [3.05, 3.63) is 112 Å². The minimum absolute atomic E-state index is 0.109. The standard InChI is InChI=1S/C43H51NO2/c1-40(2,3)30-22-26(23-31(38(30)45)41(4,5)6)36(27-24-32(42(7,8)9)39(46)33(25-27)43(10,11)12)37-28-18-14-16-20-34(28)44(13)35-21-17-15-19-29(35)37/h14-25H,1-13H3. The van der Waals surface area contributed by atoms with Crippen LogP contribution in [0.5, 0.6) is 5.75 Å². The molecule has 0 aliphatic heterocycles. The number of carbonyl (C=O) groups is 1. The first kappa shape index (κ1) is 33.4. The monoisotopic (exact) mass is 613 g/mol. The molecule has 3 aromatic carbocycles. The summed E-state index contributed by atoms with van der Waals surface area (Å²) in [5.74, 6) is 0.218. The molecule has 240 valence electrons. The molecule has 5 rings (SSSR count). The Balaban J connectivity index is 2.13. The molecular formula is C43H51NO2. The predicted octanol–water partition coefficient (Wildman–Crippen LogP) is 9.82. The van der Waals surface area contributed by atoms with E-state index in [-0.39, 0.29) is 33.2 Å². The number of allylic oxidation sites excluding steroid dienone is 5. The third-order valence-electron chi connectivity index (χ3n) is 9.31. The van der Waals surface area contributed by atoms with E-state index in [9.17, 15) is 9.90 Å². The van der Waals surface area contributed by atoms with Crippen molar-refractivity contribution in [2.24, 2.45) is 17.9 Å². The van der Waals surface area contributed by atoms with Gasteiger partial charge in [-0.1, -0.05) is 119 Å². The number of rotatable bonds is 2. The Bertz CT molecular complexity index is 1860. The van der Waals surface area contributed by atoms with Gasteiger partial charge in [-0.25, -0.2) is 0 Å². The second-order valence-electron chi connectivity index (χ2n) is 17.1. The Hall–Kier alpha value is -3.98. The second-order valence-corrected chi connectivity index (χ2v) is 17.1. The van der Waals surface area contributed by atoms with Crippen LogP contribution in [0, 0.1) is 10.8 Å². The number of para-hydroxylation sites is 2. The van der Waals surface area contributed by atoms with Gasteiger partial charge in [-0.2, -0.15) is 4.57 Å².